The third-order valence-corrected chi connectivity index (χ3v) is 5.75. The van der Waals surface area contributed by atoms with Gasteiger partial charge in [-0.15, -0.1) is 11.3 Å². The van der Waals surface area contributed by atoms with E-state index in [4.69, 9.17) is 21.1 Å². The lowest BCUT2D eigenvalue weighted by Gasteiger charge is -2.14. The molecule has 0 aliphatic heterocycles. The summed E-state index contributed by atoms with van der Waals surface area (Å²) in [7, 11) is 1.59. The summed E-state index contributed by atoms with van der Waals surface area (Å²) in [6.07, 6.45) is 1.79. The fourth-order valence-corrected chi connectivity index (χ4v) is 4.17. The number of para-hydroxylation sites is 2. The number of hydrogen-bond acceptors (Lipinski definition) is 5. The van der Waals surface area contributed by atoms with Gasteiger partial charge in [0.25, 0.3) is 0 Å². The van der Waals surface area contributed by atoms with Crippen LogP contribution in [0.25, 0.3) is 21.9 Å². The van der Waals surface area contributed by atoms with Crippen LogP contribution in [0.1, 0.15) is 16.1 Å². The van der Waals surface area contributed by atoms with Crippen molar-refractivity contribution in [3.8, 4) is 17.6 Å². The van der Waals surface area contributed by atoms with Crippen molar-refractivity contribution in [3.63, 3.8) is 0 Å². The lowest BCUT2D eigenvalue weighted by molar-refractivity contribution is 0.284. The van der Waals surface area contributed by atoms with Crippen molar-refractivity contribution in [2.45, 2.75) is 6.61 Å². The molecule has 1 heterocycles. The molecular weight excluding hydrogens is 416 g/mol. The van der Waals surface area contributed by atoms with Gasteiger partial charge in [0.05, 0.1) is 22.9 Å². The monoisotopic (exact) mass is 432 g/mol. The fraction of sp³-hybridized carbons (Fsp3) is 0.0833. The van der Waals surface area contributed by atoms with Crippen LogP contribution in [-0.4, -0.2) is 12.1 Å². The zero-order chi connectivity index (χ0) is 20.9. The summed E-state index contributed by atoms with van der Waals surface area (Å²) in [5.41, 5.74) is 3.03. The second kappa shape index (κ2) is 9.00. The Balaban J connectivity index is 1.71. The SMILES string of the molecule is COc1cccc(/C=C(\C#N)c2nc3ccccc3s2)c1OCc1cccc(Cl)c1. The number of benzene rings is 3. The lowest BCUT2D eigenvalue weighted by atomic mass is 10.1. The van der Waals surface area contributed by atoms with Crippen LogP contribution in [0.4, 0.5) is 0 Å². The molecule has 0 unspecified atom stereocenters. The second-order valence-corrected chi connectivity index (χ2v) is 7.92. The maximum atomic E-state index is 9.78. The minimum Gasteiger partial charge on any atom is -0.493 e. The third kappa shape index (κ3) is 4.30. The van der Waals surface area contributed by atoms with Crippen LogP contribution in [0.15, 0.2) is 66.7 Å². The number of ether oxygens (including phenoxy) is 2. The van der Waals surface area contributed by atoms with Gasteiger partial charge in [-0.05, 0) is 42.0 Å². The molecule has 4 nitrogen and oxygen atoms in total. The molecule has 4 rings (SSSR count). The van der Waals surface area contributed by atoms with E-state index in [1.165, 1.54) is 11.3 Å². The first-order chi connectivity index (χ1) is 14.7. The molecule has 3 aromatic carbocycles. The van der Waals surface area contributed by atoms with Gasteiger partial charge < -0.3 is 9.47 Å². The minimum absolute atomic E-state index is 0.324. The average Bonchev–Trinajstić information content (AvgIpc) is 3.20. The third-order valence-electron chi connectivity index (χ3n) is 4.45. The maximum absolute atomic E-state index is 9.78. The van der Waals surface area contributed by atoms with Crippen LogP contribution in [0, 0.1) is 11.3 Å². The van der Waals surface area contributed by atoms with E-state index in [0.29, 0.717) is 33.7 Å². The molecule has 0 atom stereocenters. The van der Waals surface area contributed by atoms with Gasteiger partial charge in [0.2, 0.25) is 0 Å². The molecule has 0 aliphatic carbocycles. The Morgan fingerprint density at radius 3 is 2.73 bits per heavy atom. The van der Waals surface area contributed by atoms with Crippen molar-refractivity contribution in [3.05, 3.63) is 87.9 Å². The summed E-state index contributed by atoms with van der Waals surface area (Å²) in [6, 6.07) is 23.2. The largest absolute Gasteiger partial charge is 0.493 e. The summed E-state index contributed by atoms with van der Waals surface area (Å²) in [5.74, 6) is 1.15. The zero-order valence-corrected chi connectivity index (χ0v) is 17.7. The molecule has 6 heteroatoms. The molecular formula is C24H17ClN2O2S. The Morgan fingerprint density at radius 2 is 1.97 bits per heavy atom. The number of methoxy groups -OCH3 is 1. The van der Waals surface area contributed by atoms with E-state index in [1.807, 2.05) is 66.7 Å². The quantitative estimate of drug-likeness (QED) is 0.322. The smallest absolute Gasteiger partial charge is 0.168 e. The van der Waals surface area contributed by atoms with E-state index in [2.05, 4.69) is 11.1 Å². The number of nitrogens with zero attached hydrogens (tertiary/aromatic N) is 2. The van der Waals surface area contributed by atoms with Crippen LogP contribution in [0.5, 0.6) is 11.5 Å². The number of nitriles is 1. The number of fused-ring (bicyclic) bond motifs is 1. The first kappa shape index (κ1) is 20.0. The maximum Gasteiger partial charge on any atom is 0.168 e. The van der Waals surface area contributed by atoms with Gasteiger partial charge in [-0.1, -0.05) is 48.0 Å². The van der Waals surface area contributed by atoms with Crippen molar-refractivity contribution >= 4 is 44.8 Å². The van der Waals surface area contributed by atoms with Gasteiger partial charge in [-0.2, -0.15) is 5.26 Å². The number of allylic oxidation sites excluding steroid dienone is 1. The van der Waals surface area contributed by atoms with Crippen LogP contribution >= 0.6 is 22.9 Å². The predicted octanol–water partition coefficient (Wildman–Crippen LogP) is 6.60. The normalized spacial score (nSPS) is 11.3. The summed E-state index contributed by atoms with van der Waals surface area (Å²) < 4.78 is 12.6. The number of aromatic nitrogens is 1. The first-order valence-corrected chi connectivity index (χ1v) is 10.4. The molecule has 0 bridgehead atoms. The topological polar surface area (TPSA) is 55.1 Å². The number of rotatable bonds is 6. The number of thiazole rings is 1. The van der Waals surface area contributed by atoms with Crippen molar-refractivity contribution < 1.29 is 9.47 Å². The van der Waals surface area contributed by atoms with Crippen LogP contribution < -0.4 is 9.47 Å². The highest BCUT2D eigenvalue weighted by Gasteiger charge is 2.14. The van der Waals surface area contributed by atoms with Crippen LogP contribution in [0.3, 0.4) is 0 Å². The summed E-state index contributed by atoms with van der Waals surface area (Å²) in [4.78, 5) is 4.60. The Bertz CT molecular complexity index is 1240. The van der Waals surface area contributed by atoms with Gasteiger partial charge in [0, 0.05) is 10.6 Å². The van der Waals surface area contributed by atoms with Crippen molar-refractivity contribution in [1.29, 1.82) is 5.26 Å². The minimum atomic E-state index is 0.324. The van der Waals surface area contributed by atoms with E-state index in [-0.39, 0.29) is 0 Å². The highest BCUT2D eigenvalue weighted by Crippen LogP contribution is 2.35. The number of halogens is 1. The van der Waals surface area contributed by atoms with Gasteiger partial charge in [-0.25, -0.2) is 4.98 Å². The first-order valence-electron chi connectivity index (χ1n) is 9.20. The summed E-state index contributed by atoms with van der Waals surface area (Å²) in [6.45, 7) is 0.324. The van der Waals surface area contributed by atoms with E-state index in [0.717, 1.165) is 21.3 Å². The Labute approximate surface area is 183 Å². The van der Waals surface area contributed by atoms with E-state index >= 15 is 0 Å². The highest BCUT2D eigenvalue weighted by atomic mass is 35.5. The second-order valence-electron chi connectivity index (χ2n) is 6.45. The lowest BCUT2D eigenvalue weighted by Crippen LogP contribution is -1.99. The molecule has 30 heavy (non-hydrogen) atoms. The Hall–Kier alpha value is -3.33. The van der Waals surface area contributed by atoms with E-state index in [1.54, 1.807) is 13.2 Å². The average molecular weight is 433 g/mol. The predicted molar refractivity (Wildman–Crippen MR) is 122 cm³/mol. The van der Waals surface area contributed by atoms with E-state index in [9.17, 15) is 5.26 Å². The molecule has 0 fully saturated rings. The van der Waals surface area contributed by atoms with Crippen molar-refractivity contribution in [2.75, 3.05) is 7.11 Å². The standard InChI is InChI=1S/C24H17ClN2O2S/c1-28-21-10-5-7-17(23(21)29-15-16-6-4-8-19(25)12-16)13-18(14-26)24-27-20-9-2-3-11-22(20)30-24/h2-13H,15H2,1H3/b18-13+. The van der Waals surface area contributed by atoms with Gasteiger partial charge >= 0.3 is 0 Å². The Kier molecular flexibility index (Phi) is 5.99. The van der Waals surface area contributed by atoms with Gasteiger partial charge in [0.15, 0.2) is 11.5 Å². The molecule has 4 aromatic rings. The number of hydrogen-bond donors (Lipinski definition) is 0. The molecule has 0 aliphatic rings. The van der Waals surface area contributed by atoms with E-state index < -0.39 is 0 Å². The summed E-state index contributed by atoms with van der Waals surface area (Å²) in [5, 5.41) is 11.1. The van der Waals surface area contributed by atoms with Crippen molar-refractivity contribution in [1.82, 2.24) is 4.98 Å². The molecule has 1 aromatic heterocycles. The molecule has 0 saturated heterocycles. The van der Waals surface area contributed by atoms with Gasteiger partial charge in [-0.3, -0.25) is 0 Å². The zero-order valence-electron chi connectivity index (χ0n) is 16.1. The molecule has 0 N–H and O–H groups in total. The van der Waals surface area contributed by atoms with Crippen LogP contribution in [-0.2, 0) is 6.61 Å². The summed E-state index contributed by atoms with van der Waals surface area (Å²) >= 11 is 7.56. The highest BCUT2D eigenvalue weighted by molar-refractivity contribution is 7.19. The molecule has 0 spiro atoms. The van der Waals surface area contributed by atoms with Gasteiger partial charge in [0.1, 0.15) is 17.7 Å². The molecule has 0 saturated carbocycles. The fourth-order valence-electron chi connectivity index (χ4n) is 3.03. The van der Waals surface area contributed by atoms with Crippen molar-refractivity contribution in [2.24, 2.45) is 0 Å². The molecule has 0 radical (unpaired) electrons. The Morgan fingerprint density at radius 1 is 1.13 bits per heavy atom. The molecule has 148 valence electrons. The molecule has 0 amide bonds. The van der Waals surface area contributed by atoms with Crippen LogP contribution in [0.2, 0.25) is 5.02 Å².